The van der Waals surface area contributed by atoms with Gasteiger partial charge in [-0.05, 0) is 21.9 Å². The fourth-order valence-electron chi connectivity index (χ4n) is 7.44. The van der Waals surface area contributed by atoms with E-state index in [1.807, 2.05) is 72.8 Å². The maximum absolute atomic E-state index is 14.5. The molecule has 2 atom stereocenters. The molecule has 13 heteroatoms. The minimum absolute atomic E-state index is 0.136. The summed E-state index contributed by atoms with van der Waals surface area (Å²) in [6.45, 7) is 0. The Morgan fingerprint density at radius 2 is 0.981 bits per heavy atom. The number of non-ortho nitro benzene ring substituents is 2. The molecular weight excluding hydrogens is 697 g/mol. The van der Waals surface area contributed by atoms with E-state index in [2.05, 4.69) is 0 Å². The number of rotatable bonds is 8. The molecule has 53 heavy (non-hydrogen) atoms. The van der Waals surface area contributed by atoms with Crippen LogP contribution < -0.4 is 20.9 Å². The van der Waals surface area contributed by atoms with E-state index in [9.17, 15) is 28.6 Å². The van der Waals surface area contributed by atoms with Crippen molar-refractivity contribution in [2.45, 2.75) is 11.8 Å². The van der Waals surface area contributed by atoms with Crippen molar-refractivity contribution < 1.29 is 27.7 Å². The minimum atomic E-state index is -4.17. The van der Waals surface area contributed by atoms with Crippen LogP contribution in [0.3, 0.4) is 0 Å². The Morgan fingerprint density at radius 1 is 0.566 bits per heavy atom. The number of hydrogen-bond acceptors (Lipinski definition) is 10. The molecule has 6 aromatic rings. The number of benzene rings is 6. The van der Waals surface area contributed by atoms with Gasteiger partial charge in [0.05, 0.1) is 21.4 Å². The zero-order valence-corrected chi connectivity index (χ0v) is 28.7. The fraction of sp³-hybridized carbons (Fsp3) is 0.100. The number of ether oxygens (including phenoxy) is 2. The molecule has 0 aliphatic carbocycles. The molecule has 0 bridgehead atoms. The van der Waals surface area contributed by atoms with Crippen molar-refractivity contribution in [1.29, 1.82) is 0 Å². The summed E-state index contributed by atoms with van der Waals surface area (Å²) in [5.41, 5.74) is 15.4. The molecule has 0 aromatic heterocycles. The lowest BCUT2D eigenvalue weighted by Crippen LogP contribution is -2.30. The van der Waals surface area contributed by atoms with Crippen molar-refractivity contribution in [2.24, 2.45) is 11.5 Å². The molecule has 0 saturated heterocycles. The predicted molar refractivity (Wildman–Crippen MR) is 200 cm³/mol. The van der Waals surface area contributed by atoms with E-state index in [0.29, 0.717) is 33.8 Å². The molecule has 264 valence electrons. The molecule has 0 amide bonds. The van der Waals surface area contributed by atoms with Gasteiger partial charge in [-0.15, -0.1) is 0 Å². The Balaban J connectivity index is 1.24. The van der Waals surface area contributed by atoms with E-state index in [1.54, 1.807) is 24.3 Å². The third-order valence-corrected chi connectivity index (χ3v) is 11.3. The molecule has 0 radical (unpaired) electrons. The number of sulfone groups is 1. The van der Waals surface area contributed by atoms with Crippen molar-refractivity contribution in [3.8, 4) is 11.5 Å². The maximum atomic E-state index is 14.5. The van der Waals surface area contributed by atoms with Gasteiger partial charge in [0.2, 0.25) is 0 Å². The first kappa shape index (κ1) is 33.4. The fourth-order valence-corrected chi connectivity index (χ4v) is 9.11. The van der Waals surface area contributed by atoms with Crippen LogP contribution in [0, 0.1) is 20.2 Å². The van der Waals surface area contributed by atoms with E-state index in [0.717, 1.165) is 21.5 Å². The summed E-state index contributed by atoms with van der Waals surface area (Å²) in [7, 11) is -4.17. The van der Waals surface area contributed by atoms with Crippen LogP contribution in [0.15, 0.2) is 144 Å². The number of hydrogen-bond donors (Lipinski definition) is 2. The molecule has 12 nitrogen and oxygen atoms in total. The molecule has 0 spiro atoms. The number of nitro benzene ring substituents is 2. The van der Waals surface area contributed by atoms with Crippen LogP contribution in [0.2, 0.25) is 0 Å². The van der Waals surface area contributed by atoms with Crippen LogP contribution in [0.4, 0.5) is 11.4 Å². The van der Waals surface area contributed by atoms with Crippen LogP contribution in [-0.2, 0) is 9.84 Å². The number of nitro groups is 2. The van der Waals surface area contributed by atoms with Gasteiger partial charge in [-0.1, -0.05) is 97.1 Å². The van der Waals surface area contributed by atoms with Crippen LogP contribution in [0.25, 0.3) is 21.5 Å². The van der Waals surface area contributed by atoms with Gasteiger partial charge in [-0.3, -0.25) is 20.2 Å². The second kappa shape index (κ2) is 12.8. The average molecular weight is 727 g/mol. The second-order valence-corrected chi connectivity index (χ2v) is 15.1. The summed E-state index contributed by atoms with van der Waals surface area (Å²) in [6.07, 6.45) is 0. The van der Waals surface area contributed by atoms with Gasteiger partial charge >= 0.3 is 0 Å². The van der Waals surface area contributed by atoms with E-state index >= 15 is 0 Å². The van der Waals surface area contributed by atoms with Crippen LogP contribution in [0.5, 0.6) is 11.5 Å². The topological polar surface area (TPSA) is 191 Å². The molecule has 0 fully saturated rings. The standard InChI is InChI=1S/C40H30N4O8S/c41-39-33(35(25-9-5-11-27(19-25)43(45)46)31-17-15-23-7-1-3-13-29(23)37(31)51-39)21-53(49,50)22-34-36(26-10-6-12-28(20-26)44(47)48)32-18-16-24-8-2-4-14-30(24)38(32)52-40(34)42/h1-20,35-36H,21-22,41-42H2. The summed E-state index contributed by atoms with van der Waals surface area (Å²) in [5, 5.41) is 26.9. The highest BCUT2D eigenvalue weighted by Gasteiger charge is 2.38. The SMILES string of the molecule is NC1=C(CS(=O)(=O)CC2=C(N)Oc3c(ccc4ccccc34)C2c2cccc([N+](=O)[O-])c2)C(c2cccc([N+](=O)[O-])c2)c2ccc3ccccc3c2O1. The lowest BCUT2D eigenvalue weighted by molar-refractivity contribution is -0.385. The second-order valence-electron chi connectivity index (χ2n) is 13.0. The van der Waals surface area contributed by atoms with Gasteiger partial charge in [0.1, 0.15) is 11.5 Å². The Morgan fingerprint density at radius 3 is 1.40 bits per heavy atom. The van der Waals surface area contributed by atoms with Crippen molar-refractivity contribution in [2.75, 3.05) is 11.5 Å². The van der Waals surface area contributed by atoms with Gasteiger partial charge in [0, 0.05) is 69.1 Å². The van der Waals surface area contributed by atoms with Crippen LogP contribution in [0.1, 0.15) is 34.1 Å². The summed E-state index contributed by atoms with van der Waals surface area (Å²) in [4.78, 5) is 22.6. The predicted octanol–water partition coefficient (Wildman–Crippen LogP) is 7.31. The smallest absolute Gasteiger partial charge is 0.269 e. The van der Waals surface area contributed by atoms with Crippen molar-refractivity contribution in [1.82, 2.24) is 0 Å². The van der Waals surface area contributed by atoms with Crippen molar-refractivity contribution in [3.63, 3.8) is 0 Å². The van der Waals surface area contributed by atoms with Gasteiger partial charge in [-0.2, -0.15) is 0 Å². The van der Waals surface area contributed by atoms with Crippen molar-refractivity contribution >= 4 is 42.8 Å². The first-order valence-electron chi connectivity index (χ1n) is 16.5. The maximum Gasteiger partial charge on any atom is 0.269 e. The largest absolute Gasteiger partial charge is 0.441 e. The van der Waals surface area contributed by atoms with Crippen LogP contribution in [-0.4, -0.2) is 29.8 Å². The molecule has 2 aliphatic rings. The molecule has 4 N–H and O–H groups in total. The first-order chi connectivity index (χ1) is 25.5. The molecule has 0 saturated carbocycles. The summed E-state index contributed by atoms with van der Waals surface area (Å²) < 4.78 is 41.4. The molecular formula is C40H30N4O8S. The lowest BCUT2D eigenvalue weighted by atomic mass is 9.82. The summed E-state index contributed by atoms with van der Waals surface area (Å²) in [5.74, 6) is -2.23. The summed E-state index contributed by atoms with van der Waals surface area (Å²) in [6, 6.07) is 34.4. The molecule has 8 rings (SSSR count). The van der Waals surface area contributed by atoms with Gasteiger partial charge < -0.3 is 20.9 Å². The quantitative estimate of drug-likeness (QED) is 0.119. The van der Waals surface area contributed by atoms with E-state index in [-0.39, 0.29) is 34.3 Å². The van der Waals surface area contributed by atoms with Crippen LogP contribution >= 0.6 is 0 Å². The Hall–Kier alpha value is -6.73. The third-order valence-electron chi connectivity index (χ3n) is 9.78. The summed E-state index contributed by atoms with van der Waals surface area (Å²) >= 11 is 0. The molecule has 6 aromatic carbocycles. The first-order valence-corrected chi connectivity index (χ1v) is 18.4. The third kappa shape index (κ3) is 5.96. The van der Waals surface area contributed by atoms with Gasteiger partial charge in [0.15, 0.2) is 21.6 Å². The zero-order valence-electron chi connectivity index (χ0n) is 27.8. The number of nitrogens with two attached hydrogens (primary N) is 2. The monoisotopic (exact) mass is 726 g/mol. The highest BCUT2D eigenvalue weighted by Crippen LogP contribution is 2.49. The number of nitrogens with zero attached hydrogens (tertiary/aromatic N) is 2. The number of fused-ring (bicyclic) bond motifs is 6. The normalized spacial score (nSPS) is 16.8. The van der Waals surface area contributed by atoms with E-state index < -0.39 is 43.0 Å². The average Bonchev–Trinajstić information content (AvgIpc) is 3.15. The zero-order chi connectivity index (χ0) is 37.0. The highest BCUT2D eigenvalue weighted by molar-refractivity contribution is 7.91. The molecule has 2 aliphatic heterocycles. The Kier molecular flexibility index (Phi) is 8.07. The van der Waals surface area contributed by atoms with E-state index in [4.69, 9.17) is 20.9 Å². The van der Waals surface area contributed by atoms with Gasteiger partial charge in [-0.25, -0.2) is 8.42 Å². The van der Waals surface area contributed by atoms with Gasteiger partial charge in [0.25, 0.3) is 11.4 Å². The molecule has 2 unspecified atom stereocenters. The Labute approximate surface area is 302 Å². The van der Waals surface area contributed by atoms with Crippen molar-refractivity contribution in [3.05, 3.63) is 187 Å². The van der Waals surface area contributed by atoms with E-state index in [1.165, 1.54) is 24.3 Å². The highest BCUT2D eigenvalue weighted by atomic mass is 32.2. The lowest BCUT2D eigenvalue weighted by Gasteiger charge is -2.32. The molecule has 2 heterocycles. The minimum Gasteiger partial charge on any atom is -0.441 e. The Bertz CT molecular complexity index is 2530.